The van der Waals surface area contributed by atoms with E-state index in [0.29, 0.717) is 91.9 Å². The number of carbonyl (C=O) groups excluding carboxylic acids is 3. The molecule has 0 unspecified atom stereocenters. The summed E-state index contributed by atoms with van der Waals surface area (Å²) in [6.07, 6.45) is 23.2. The van der Waals surface area contributed by atoms with Crippen molar-refractivity contribution >= 4 is 122 Å². The highest BCUT2D eigenvalue weighted by atomic mass is 35.5. The summed E-state index contributed by atoms with van der Waals surface area (Å²) in [5.41, 5.74) is 18.0. The number of carboxylic acid groups (broad SMARTS) is 3. The van der Waals surface area contributed by atoms with Crippen LogP contribution in [0.2, 0.25) is 0 Å². The van der Waals surface area contributed by atoms with Gasteiger partial charge in [-0.15, -0.1) is 46.4 Å². The number of aliphatic hydroxyl groups is 1. The number of amides is 3. The van der Waals surface area contributed by atoms with Gasteiger partial charge in [0.15, 0.2) is 5.88 Å². The predicted molar refractivity (Wildman–Crippen MR) is 399 cm³/mol. The number of aryl methyl sites for hydroxylation is 3. The average Bonchev–Trinajstić information content (AvgIpc) is 1.63. The second-order valence-electron chi connectivity index (χ2n) is 25.9. The minimum absolute atomic E-state index is 0. The zero-order valence-electron chi connectivity index (χ0n) is 57.2. The molecule has 0 spiro atoms. The number of aromatic amines is 3. The number of nitrogens with zero attached hydrogens (tertiary/aromatic N) is 3. The van der Waals surface area contributed by atoms with E-state index in [1.807, 2.05) is 42.5 Å². The number of carboxylic acids is 3. The zero-order chi connectivity index (χ0) is 70.3. The Hall–Kier alpha value is -9.26. The first-order valence-electron chi connectivity index (χ1n) is 33.6. The van der Waals surface area contributed by atoms with Crippen molar-refractivity contribution < 1.29 is 53.9 Å². The highest BCUT2D eigenvalue weighted by Crippen LogP contribution is 2.43. The summed E-state index contributed by atoms with van der Waals surface area (Å²) in [7, 11) is 2.50. The lowest BCUT2D eigenvalue weighted by Gasteiger charge is -2.18. The van der Waals surface area contributed by atoms with E-state index < -0.39 is 17.9 Å². The van der Waals surface area contributed by atoms with Crippen molar-refractivity contribution in [3.8, 4) is 39.7 Å². The monoisotopic (exact) mass is 1430 g/mol. The topological polar surface area (TPSA) is 315 Å². The molecule has 3 aliphatic heterocycles. The number of anilines is 3. The minimum Gasteiger partial charge on any atom is -0.482 e. The number of hydrogen-bond donors (Lipinski definition) is 10. The fraction of sp³-hybridized carbons (Fsp3) is 0.355. The number of halogens is 1. The maximum atomic E-state index is 12.7. The molecule has 0 radical (unpaired) electrons. The largest absolute Gasteiger partial charge is 0.482 e. The van der Waals surface area contributed by atoms with Crippen molar-refractivity contribution in [2.45, 2.75) is 162 Å². The molecule has 3 amide bonds. The summed E-state index contributed by atoms with van der Waals surface area (Å²) in [5, 5.41) is 53.5. The van der Waals surface area contributed by atoms with Crippen molar-refractivity contribution in [1.29, 1.82) is 0 Å². The van der Waals surface area contributed by atoms with Crippen LogP contribution in [0.1, 0.15) is 222 Å². The molecule has 3 saturated carbocycles. The SMILES string of the molecule is CO.COc1[nH]c(C)c(C(=O)O)c1C.Cc1[nH]c(/C=C2\C(=O)Nc3ccc(-c4csc(C5CCCCC5)n4)cc32)c(C)c1C(=O)O.Cc1[nH]c(/C=C2\C(=O)Nc3ccc(-c4csc(C5CCCCC5)n4)cc32)c(C)c1C(=O)O.Cl.O=C1Cc2cc(-c3csc(C4CCCCC4)n3)ccc2N1. The second-order valence-corrected chi connectivity index (χ2v) is 28.6. The van der Waals surface area contributed by atoms with E-state index in [0.717, 1.165) is 74.6 Å². The maximum absolute atomic E-state index is 12.7. The fourth-order valence-corrected chi connectivity index (χ4v) is 17.3. The van der Waals surface area contributed by atoms with Crippen LogP contribution in [0.3, 0.4) is 0 Å². The lowest BCUT2D eigenvalue weighted by atomic mass is 9.90. The molecule has 0 saturated heterocycles. The summed E-state index contributed by atoms with van der Waals surface area (Å²) in [5.74, 6) is -0.860. The van der Waals surface area contributed by atoms with E-state index in [1.165, 1.54) is 118 Å². The zero-order valence-corrected chi connectivity index (χ0v) is 60.5. The van der Waals surface area contributed by atoms with E-state index in [-0.39, 0.29) is 41.3 Å². The third kappa shape index (κ3) is 16.0. The molecular weight excluding hydrogens is 1350 g/mol. The molecule has 9 heterocycles. The van der Waals surface area contributed by atoms with Crippen LogP contribution in [0.15, 0.2) is 70.7 Å². The molecule has 20 nitrogen and oxygen atoms in total. The number of hydrogen-bond acceptors (Lipinski definition) is 14. The molecule has 9 aromatic rings. The van der Waals surface area contributed by atoms with Gasteiger partial charge in [-0.05, 0) is 145 Å². The molecule has 524 valence electrons. The van der Waals surface area contributed by atoms with Gasteiger partial charge in [-0.2, -0.15) is 0 Å². The van der Waals surface area contributed by atoms with Crippen LogP contribution in [-0.4, -0.2) is 100 Å². The number of aromatic carboxylic acids is 3. The van der Waals surface area contributed by atoms with Crippen molar-refractivity contribution in [3.63, 3.8) is 0 Å². The number of rotatable bonds is 12. The maximum Gasteiger partial charge on any atom is 0.337 e. The minimum atomic E-state index is -0.975. The first-order valence-corrected chi connectivity index (χ1v) is 36.3. The van der Waals surface area contributed by atoms with Gasteiger partial charge in [0.05, 0.1) is 73.5 Å². The number of aromatic nitrogens is 6. The average molecular weight is 1430 g/mol. The van der Waals surface area contributed by atoms with Crippen molar-refractivity contribution in [2.75, 3.05) is 30.2 Å². The Bertz CT molecular complexity index is 4430. The van der Waals surface area contributed by atoms with Crippen LogP contribution in [0, 0.1) is 41.5 Å². The number of carbonyl (C=O) groups is 6. The summed E-state index contributed by atoms with van der Waals surface area (Å²) in [6, 6.07) is 18.0. The van der Waals surface area contributed by atoms with Gasteiger partial charge in [0.1, 0.15) is 0 Å². The number of ether oxygens (including phenoxy) is 1. The molecule has 15 rings (SSSR count). The number of aliphatic hydroxyl groups excluding tert-OH is 1. The molecule has 6 aromatic heterocycles. The van der Waals surface area contributed by atoms with Crippen LogP contribution in [0.25, 0.3) is 57.1 Å². The Balaban J connectivity index is 0.000000150. The molecule has 0 atom stereocenters. The lowest BCUT2D eigenvalue weighted by Crippen LogP contribution is -2.03. The summed E-state index contributed by atoms with van der Waals surface area (Å²) >= 11 is 5.25. The Labute approximate surface area is 598 Å². The Morgan fingerprint density at radius 3 is 1.17 bits per heavy atom. The molecule has 3 aliphatic carbocycles. The smallest absolute Gasteiger partial charge is 0.337 e. The molecule has 100 heavy (non-hydrogen) atoms. The second kappa shape index (κ2) is 32.4. The van der Waals surface area contributed by atoms with Crippen molar-refractivity contribution in [3.05, 3.63) is 164 Å². The third-order valence-electron chi connectivity index (χ3n) is 19.4. The van der Waals surface area contributed by atoms with Gasteiger partial charge in [-0.25, -0.2) is 29.3 Å². The Kier molecular flexibility index (Phi) is 23.8. The van der Waals surface area contributed by atoms with Crippen LogP contribution in [0.5, 0.6) is 5.88 Å². The lowest BCUT2D eigenvalue weighted by molar-refractivity contribution is -0.115. The van der Waals surface area contributed by atoms with Gasteiger partial charge in [0, 0.05) is 120 Å². The van der Waals surface area contributed by atoms with Crippen LogP contribution < -0.4 is 20.7 Å². The van der Waals surface area contributed by atoms with Gasteiger partial charge < -0.3 is 56.1 Å². The van der Waals surface area contributed by atoms with E-state index in [9.17, 15) is 39.0 Å². The van der Waals surface area contributed by atoms with Crippen LogP contribution in [-0.2, 0) is 20.8 Å². The van der Waals surface area contributed by atoms with Gasteiger partial charge in [0.25, 0.3) is 11.8 Å². The summed E-state index contributed by atoms with van der Waals surface area (Å²) < 4.78 is 4.94. The predicted octanol–water partition coefficient (Wildman–Crippen LogP) is 17.7. The van der Waals surface area contributed by atoms with Gasteiger partial charge in [0.2, 0.25) is 5.91 Å². The van der Waals surface area contributed by atoms with Crippen molar-refractivity contribution in [2.24, 2.45) is 0 Å². The molecule has 24 heteroatoms. The number of fused-ring (bicyclic) bond motifs is 3. The van der Waals surface area contributed by atoms with Gasteiger partial charge in [-0.3, -0.25) is 14.4 Å². The van der Waals surface area contributed by atoms with E-state index in [2.05, 4.69) is 59.2 Å². The molecular formula is C76H84ClN9O11S3. The van der Waals surface area contributed by atoms with Crippen LogP contribution in [0.4, 0.5) is 17.1 Å². The summed E-state index contributed by atoms with van der Waals surface area (Å²) in [6.45, 7) is 10.4. The number of nitrogens with one attached hydrogen (secondary N) is 6. The number of thiazole rings is 3. The van der Waals surface area contributed by atoms with Gasteiger partial charge in [-0.1, -0.05) is 76.0 Å². The molecule has 3 aromatic carbocycles. The molecule has 0 bridgehead atoms. The number of methoxy groups -OCH3 is 1. The van der Waals surface area contributed by atoms with E-state index in [4.69, 9.17) is 29.9 Å². The van der Waals surface area contributed by atoms with Crippen LogP contribution >= 0.6 is 46.4 Å². The van der Waals surface area contributed by atoms with E-state index >= 15 is 0 Å². The Morgan fingerprint density at radius 2 is 0.830 bits per heavy atom. The summed E-state index contributed by atoms with van der Waals surface area (Å²) in [4.78, 5) is 94.4. The first kappa shape index (κ1) is 73.5. The van der Waals surface area contributed by atoms with E-state index in [1.54, 1.807) is 87.7 Å². The van der Waals surface area contributed by atoms with Gasteiger partial charge >= 0.3 is 17.9 Å². The highest BCUT2D eigenvalue weighted by molar-refractivity contribution is 7.10. The van der Waals surface area contributed by atoms with Crippen molar-refractivity contribution in [1.82, 2.24) is 29.9 Å². The number of benzene rings is 3. The molecule has 6 aliphatic rings. The fourth-order valence-electron chi connectivity index (χ4n) is 14.3. The Morgan fingerprint density at radius 1 is 0.480 bits per heavy atom. The standard InChI is InChI=1S/2C25H25N3O3S.C17H18N2OS.C8H11NO3.CH4O.ClH/c2*1-13-20(26-14(2)22(13)25(30)31)11-18-17-10-16(8-9-19(17)27-23(18)29)21-12-32-24(28-21)15-6-4-3-5-7-15;20-16-9-13-8-12(6-7-14(13)18-16)15-10-21-17(19-15)11-4-2-1-3-5-11;1-4-6(8(10)11)5(2)9-7(4)12-3;1-2;/h2*8-12,15,26H,3-7H2,1-2H3,(H,27,29)(H,30,31);6-8,10-11H,1-5,9H2,(H,18,20);9H,1-3H3,(H,10,11);2H,1H3;1H/b2*18-11-;;;;. The highest BCUT2D eigenvalue weighted by Gasteiger charge is 2.31. The first-order chi connectivity index (χ1) is 47.7. The normalized spacial score (nSPS) is 16.4. The molecule has 3 fully saturated rings. The molecule has 10 N–H and O–H groups in total. The third-order valence-corrected chi connectivity index (χ3v) is 22.4. The number of H-pyrrole nitrogens is 3. The quantitative estimate of drug-likeness (QED) is 0.0509.